The lowest BCUT2D eigenvalue weighted by Crippen LogP contribution is -2.43. The van der Waals surface area contributed by atoms with Crippen LogP contribution in [-0.2, 0) is 41.8 Å². The molecule has 10 nitrogen and oxygen atoms in total. The van der Waals surface area contributed by atoms with Gasteiger partial charge in [-0.05, 0) is 40.8 Å². The van der Waals surface area contributed by atoms with Crippen LogP contribution in [0.3, 0.4) is 0 Å². The monoisotopic (exact) mass is 493 g/mol. The summed E-state index contributed by atoms with van der Waals surface area (Å²) in [5.74, 6) is -0.752. The molecule has 0 saturated carbocycles. The van der Waals surface area contributed by atoms with Crippen molar-refractivity contribution < 1.29 is 41.8 Å². The molecule has 0 rings (SSSR count). The van der Waals surface area contributed by atoms with Gasteiger partial charge >= 0.3 is 20.7 Å². The van der Waals surface area contributed by atoms with Gasteiger partial charge in [-0.2, -0.15) is 0 Å². The second-order valence-corrected chi connectivity index (χ2v) is 11.0. The molecule has 0 aliphatic carbocycles. The Labute approximate surface area is 199 Å². The molecule has 0 spiro atoms. The highest BCUT2D eigenvalue weighted by atomic mass is 28.4. The van der Waals surface area contributed by atoms with Crippen molar-refractivity contribution in [3.05, 3.63) is 12.7 Å². The SMILES string of the molecule is C=CC(=O)OC(C)COC(C)COC(C)COC(=O)CCN(C)CCC[Si](OC)(OC)OC. The van der Waals surface area contributed by atoms with E-state index in [4.69, 9.17) is 32.2 Å². The minimum absolute atomic E-state index is 0.173. The first-order valence-electron chi connectivity index (χ1n) is 11.2. The molecule has 0 bridgehead atoms. The number of rotatable bonds is 20. The van der Waals surface area contributed by atoms with Gasteiger partial charge in [0.2, 0.25) is 0 Å². The normalized spacial score (nSPS) is 14.5. The topological polar surface area (TPSA) is 102 Å². The molecular weight excluding hydrogens is 450 g/mol. The van der Waals surface area contributed by atoms with Gasteiger partial charge in [-0.1, -0.05) is 6.58 Å². The fourth-order valence-corrected chi connectivity index (χ4v) is 4.48. The lowest BCUT2D eigenvalue weighted by molar-refractivity contribution is -0.151. The summed E-state index contributed by atoms with van der Waals surface area (Å²) < 4.78 is 37.8. The molecule has 0 fully saturated rings. The van der Waals surface area contributed by atoms with Crippen LogP contribution in [0.25, 0.3) is 0 Å². The highest BCUT2D eigenvalue weighted by Crippen LogP contribution is 2.15. The Hall–Kier alpha value is -1.34. The Balaban J connectivity index is 3.95. The van der Waals surface area contributed by atoms with Crippen molar-refractivity contribution in [1.29, 1.82) is 0 Å². The van der Waals surface area contributed by atoms with Gasteiger partial charge in [0, 0.05) is 40.0 Å². The van der Waals surface area contributed by atoms with E-state index in [2.05, 4.69) is 11.5 Å². The molecule has 0 N–H and O–H groups in total. The van der Waals surface area contributed by atoms with E-state index in [9.17, 15) is 9.59 Å². The average Bonchev–Trinajstić information content (AvgIpc) is 2.81. The maximum Gasteiger partial charge on any atom is 0.500 e. The third-order valence-electron chi connectivity index (χ3n) is 4.85. The summed E-state index contributed by atoms with van der Waals surface area (Å²) in [4.78, 5) is 25.2. The second-order valence-electron chi connectivity index (χ2n) is 7.87. The summed E-state index contributed by atoms with van der Waals surface area (Å²) in [6.07, 6.45) is 1.42. The van der Waals surface area contributed by atoms with Crippen LogP contribution < -0.4 is 0 Å². The molecule has 194 valence electrons. The van der Waals surface area contributed by atoms with Crippen LogP contribution in [0, 0.1) is 0 Å². The minimum Gasteiger partial charge on any atom is -0.463 e. The van der Waals surface area contributed by atoms with Gasteiger partial charge in [0.25, 0.3) is 0 Å². The number of hydrogen-bond donors (Lipinski definition) is 0. The molecule has 3 unspecified atom stereocenters. The van der Waals surface area contributed by atoms with Crippen molar-refractivity contribution in [3.8, 4) is 0 Å². The Morgan fingerprint density at radius 2 is 1.45 bits per heavy atom. The predicted octanol–water partition coefficient (Wildman–Crippen LogP) is 2.05. The lowest BCUT2D eigenvalue weighted by atomic mass is 10.3. The summed E-state index contributed by atoms with van der Waals surface area (Å²) in [5, 5.41) is 0. The maximum absolute atomic E-state index is 12.0. The summed E-state index contributed by atoms with van der Waals surface area (Å²) in [6, 6.07) is 0.709. The van der Waals surface area contributed by atoms with E-state index in [1.807, 2.05) is 20.9 Å². The van der Waals surface area contributed by atoms with Gasteiger partial charge in [0.15, 0.2) is 0 Å². The largest absolute Gasteiger partial charge is 0.500 e. The third kappa shape index (κ3) is 15.2. The molecular formula is C22H43NO9Si. The van der Waals surface area contributed by atoms with Crippen LogP contribution in [0.4, 0.5) is 0 Å². The van der Waals surface area contributed by atoms with Crippen molar-refractivity contribution in [2.24, 2.45) is 0 Å². The smallest absolute Gasteiger partial charge is 0.463 e. The molecule has 0 aromatic carbocycles. The van der Waals surface area contributed by atoms with E-state index in [-0.39, 0.29) is 37.5 Å². The molecule has 0 heterocycles. The molecule has 11 heteroatoms. The van der Waals surface area contributed by atoms with Crippen LogP contribution in [0.15, 0.2) is 12.7 Å². The molecule has 0 aromatic heterocycles. The van der Waals surface area contributed by atoms with Crippen LogP contribution in [-0.4, -0.2) is 105 Å². The summed E-state index contributed by atoms with van der Waals surface area (Å²) in [6.45, 7) is 10.9. The highest BCUT2D eigenvalue weighted by molar-refractivity contribution is 6.60. The Bertz CT molecular complexity index is 552. The van der Waals surface area contributed by atoms with Gasteiger partial charge in [0.05, 0.1) is 31.8 Å². The number of nitrogens with zero attached hydrogens (tertiary/aromatic N) is 1. The van der Waals surface area contributed by atoms with Crippen molar-refractivity contribution in [2.75, 3.05) is 61.3 Å². The maximum atomic E-state index is 12.0. The average molecular weight is 494 g/mol. The molecule has 0 aromatic rings. The number of esters is 2. The quantitative estimate of drug-likeness (QED) is 0.142. The third-order valence-corrected chi connectivity index (χ3v) is 7.68. The number of hydrogen-bond acceptors (Lipinski definition) is 10. The van der Waals surface area contributed by atoms with Crippen molar-refractivity contribution >= 4 is 20.7 Å². The van der Waals surface area contributed by atoms with Gasteiger partial charge < -0.3 is 37.1 Å². The molecule has 3 atom stereocenters. The molecule has 0 saturated heterocycles. The van der Waals surface area contributed by atoms with E-state index in [0.29, 0.717) is 25.6 Å². The number of carbonyl (C=O) groups excluding carboxylic acids is 2. The summed E-state index contributed by atoms with van der Waals surface area (Å²) >= 11 is 0. The van der Waals surface area contributed by atoms with E-state index < -0.39 is 14.8 Å². The lowest BCUT2D eigenvalue weighted by Gasteiger charge is -2.25. The van der Waals surface area contributed by atoms with Gasteiger partial charge in [0.1, 0.15) is 12.7 Å². The predicted molar refractivity (Wildman–Crippen MR) is 126 cm³/mol. The van der Waals surface area contributed by atoms with Crippen molar-refractivity contribution in [2.45, 2.75) is 58.0 Å². The van der Waals surface area contributed by atoms with Gasteiger partial charge in [-0.3, -0.25) is 4.79 Å². The first kappa shape index (κ1) is 31.7. The standard InChI is InChI=1S/C22H43NO9Si/c1-9-21(24)32-20(4)17-30-18(2)15-29-19(3)16-31-22(25)11-13-23(5)12-10-14-33(26-6,27-7)28-8/h9,18-20H,1,10-17H2,2-8H3. The fourth-order valence-electron chi connectivity index (χ4n) is 2.77. The van der Waals surface area contributed by atoms with Crippen LogP contribution >= 0.6 is 0 Å². The van der Waals surface area contributed by atoms with Crippen molar-refractivity contribution in [3.63, 3.8) is 0 Å². The number of ether oxygens (including phenoxy) is 4. The summed E-state index contributed by atoms with van der Waals surface area (Å²) in [7, 11) is 4.20. The van der Waals surface area contributed by atoms with Crippen LogP contribution in [0.1, 0.15) is 33.6 Å². The minimum atomic E-state index is -2.55. The van der Waals surface area contributed by atoms with Crippen molar-refractivity contribution in [1.82, 2.24) is 4.90 Å². The van der Waals surface area contributed by atoms with E-state index in [1.165, 1.54) is 0 Å². The zero-order valence-corrected chi connectivity index (χ0v) is 22.3. The van der Waals surface area contributed by atoms with E-state index in [1.54, 1.807) is 28.3 Å². The molecule has 0 aliphatic heterocycles. The summed E-state index contributed by atoms with van der Waals surface area (Å²) in [5.41, 5.74) is 0. The fraction of sp³-hybridized carbons (Fsp3) is 0.818. The zero-order valence-electron chi connectivity index (χ0n) is 21.3. The van der Waals surface area contributed by atoms with Gasteiger partial charge in [-0.25, -0.2) is 4.79 Å². The zero-order chi connectivity index (χ0) is 25.3. The Morgan fingerprint density at radius 1 is 0.909 bits per heavy atom. The Kier molecular flexibility index (Phi) is 17.3. The Morgan fingerprint density at radius 3 is 2.00 bits per heavy atom. The molecule has 0 radical (unpaired) electrons. The van der Waals surface area contributed by atoms with Gasteiger partial charge in [-0.15, -0.1) is 0 Å². The first-order chi connectivity index (χ1) is 15.6. The first-order valence-corrected chi connectivity index (χ1v) is 13.1. The van der Waals surface area contributed by atoms with E-state index >= 15 is 0 Å². The molecule has 0 amide bonds. The second kappa shape index (κ2) is 18.0. The number of carbonyl (C=O) groups is 2. The molecule has 0 aliphatic rings. The molecule has 33 heavy (non-hydrogen) atoms. The van der Waals surface area contributed by atoms with Crippen LogP contribution in [0.5, 0.6) is 0 Å². The van der Waals surface area contributed by atoms with E-state index in [0.717, 1.165) is 19.0 Å². The van der Waals surface area contributed by atoms with Crippen LogP contribution in [0.2, 0.25) is 6.04 Å². The highest BCUT2D eigenvalue weighted by Gasteiger charge is 2.36.